The lowest BCUT2D eigenvalue weighted by Gasteiger charge is -2.11. The molecule has 0 aliphatic carbocycles. The highest BCUT2D eigenvalue weighted by atomic mass is 32.2. The number of fused-ring (bicyclic) bond motifs is 5. The predicted octanol–water partition coefficient (Wildman–Crippen LogP) is 6.86. The van der Waals surface area contributed by atoms with E-state index >= 15 is 0 Å². The van der Waals surface area contributed by atoms with Gasteiger partial charge in [-0.15, -0.1) is 0 Å². The number of benzene rings is 3. The summed E-state index contributed by atoms with van der Waals surface area (Å²) >= 11 is 1.85. The smallest absolute Gasteiger partial charge is 0.0702 e. The summed E-state index contributed by atoms with van der Waals surface area (Å²) < 4.78 is 0. The molecule has 5 rings (SSSR count). The van der Waals surface area contributed by atoms with E-state index in [0.29, 0.717) is 0 Å². The number of pyridine rings is 1. The Bertz CT molecular complexity index is 1110. The molecule has 0 radical (unpaired) electrons. The van der Waals surface area contributed by atoms with Crippen molar-refractivity contribution >= 4 is 11.8 Å². The van der Waals surface area contributed by atoms with E-state index in [4.69, 9.17) is 0 Å². The largest absolute Gasteiger partial charge is 0.256 e. The second kappa shape index (κ2) is 6.15. The Balaban J connectivity index is 1.75. The van der Waals surface area contributed by atoms with Gasteiger partial charge in [-0.1, -0.05) is 66.4 Å². The van der Waals surface area contributed by atoms with Crippen molar-refractivity contribution in [2.24, 2.45) is 0 Å². The van der Waals surface area contributed by atoms with Crippen molar-refractivity contribution in [2.75, 3.05) is 0 Å². The molecule has 1 aliphatic heterocycles. The molecule has 26 heavy (non-hydrogen) atoms. The van der Waals surface area contributed by atoms with E-state index in [1.165, 1.54) is 37.6 Å². The van der Waals surface area contributed by atoms with Crippen LogP contribution in [-0.4, -0.2) is 4.98 Å². The molecule has 0 atom stereocenters. The maximum absolute atomic E-state index is 4.61. The molecule has 0 spiro atoms. The fraction of sp³-hybridized carbons (Fsp3) is 0.0417. The highest BCUT2D eigenvalue weighted by molar-refractivity contribution is 7.99. The molecule has 2 heterocycles. The van der Waals surface area contributed by atoms with E-state index in [1.54, 1.807) is 0 Å². The van der Waals surface area contributed by atoms with Crippen molar-refractivity contribution in [1.82, 2.24) is 4.98 Å². The predicted molar refractivity (Wildman–Crippen MR) is 109 cm³/mol. The van der Waals surface area contributed by atoms with Gasteiger partial charge in [0, 0.05) is 21.6 Å². The van der Waals surface area contributed by atoms with E-state index in [-0.39, 0.29) is 0 Å². The van der Waals surface area contributed by atoms with Gasteiger partial charge >= 0.3 is 0 Å². The molecule has 0 fully saturated rings. The van der Waals surface area contributed by atoms with E-state index in [0.717, 1.165) is 11.3 Å². The molecule has 0 unspecified atom stereocenters. The van der Waals surface area contributed by atoms with Gasteiger partial charge in [0.1, 0.15) is 0 Å². The fourth-order valence-corrected chi connectivity index (χ4v) is 4.56. The number of hydrogen-bond donors (Lipinski definition) is 0. The second-order valence-corrected chi connectivity index (χ2v) is 7.66. The Morgan fingerprint density at radius 2 is 1.35 bits per heavy atom. The molecule has 0 N–H and O–H groups in total. The first kappa shape index (κ1) is 15.4. The van der Waals surface area contributed by atoms with Gasteiger partial charge in [0.2, 0.25) is 0 Å². The van der Waals surface area contributed by atoms with E-state index in [1.807, 2.05) is 18.0 Å². The lowest BCUT2D eigenvalue weighted by molar-refractivity contribution is 1.27. The maximum Gasteiger partial charge on any atom is 0.0702 e. The van der Waals surface area contributed by atoms with Gasteiger partial charge in [-0.3, -0.25) is 4.98 Å². The third-order valence-corrected chi connectivity index (χ3v) is 5.95. The molecule has 1 aliphatic rings. The quantitative estimate of drug-likeness (QED) is 0.327. The Hall–Kier alpha value is -2.84. The van der Waals surface area contributed by atoms with Gasteiger partial charge < -0.3 is 0 Å². The number of rotatable bonds is 1. The topological polar surface area (TPSA) is 12.9 Å². The van der Waals surface area contributed by atoms with Crippen LogP contribution in [0.3, 0.4) is 0 Å². The van der Waals surface area contributed by atoms with E-state index in [9.17, 15) is 0 Å². The van der Waals surface area contributed by atoms with Crippen LogP contribution >= 0.6 is 11.8 Å². The minimum atomic E-state index is 1.02. The molecule has 1 nitrogen and oxygen atoms in total. The Morgan fingerprint density at radius 3 is 2.12 bits per heavy atom. The standard InChI is InChI=1S/C24H17NS/c1-16-10-12-22(25-15-16)17-11-13-24-21(14-17)19-7-3-2-6-18(19)20-8-4-5-9-23(20)26-24/h2-15H,1H3. The van der Waals surface area contributed by atoms with Crippen LogP contribution < -0.4 is 0 Å². The number of aromatic nitrogens is 1. The van der Waals surface area contributed by atoms with Crippen molar-refractivity contribution in [2.45, 2.75) is 16.7 Å². The average Bonchev–Trinajstić information content (AvgIpc) is 2.83. The van der Waals surface area contributed by atoms with Crippen molar-refractivity contribution in [1.29, 1.82) is 0 Å². The summed E-state index contributed by atoms with van der Waals surface area (Å²) in [6, 6.07) is 28.3. The highest BCUT2D eigenvalue weighted by Crippen LogP contribution is 2.48. The van der Waals surface area contributed by atoms with Gasteiger partial charge in [0.05, 0.1) is 5.69 Å². The van der Waals surface area contributed by atoms with Gasteiger partial charge in [-0.05, 0) is 59.0 Å². The normalized spacial score (nSPS) is 11.9. The van der Waals surface area contributed by atoms with Gasteiger partial charge in [-0.25, -0.2) is 0 Å². The summed E-state index contributed by atoms with van der Waals surface area (Å²) in [6.45, 7) is 2.07. The first-order chi connectivity index (χ1) is 12.8. The summed E-state index contributed by atoms with van der Waals surface area (Å²) in [5.41, 5.74) is 8.52. The van der Waals surface area contributed by atoms with Gasteiger partial charge in [0.25, 0.3) is 0 Å². The maximum atomic E-state index is 4.61. The van der Waals surface area contributed by atoms with Crippen molar-refractivity contribution in [3.8, 4) is 33.5 Å². The summed E-state index contributed by atoms with van der Waals surface area (Å²) in [5.74, 6) is 0. The second-order valence-electron chi connectivity index (χ2n) is 6.58. The fourth-order valence-electron chi connectivity index (χ4n) is 3.48. The molecule has 0 saturated heterocycles. The molecule has 124 valence electrons. The number of nitrogens with zero attached hydrogens (tertiary/aromatic N) is 1. The highest BCUT2D eigenvalue weighted by Gasteiger charge is 2.19. The Labute approximate surface area is 157 Å². The zero-order valence-electron chi connectivity index (χ0n) is 14.4. The Kier molecular flexibility index (Phi) is 3.65. The molecule has 3 aromatic carbocycles. The van der Waals surface area contributed by atoms with Crippen LogP contribution in [0.2, 0.25) is 0 Å². The van der Waals surface area contributed by atoms with Crippen molar-refractivity contribution in [3.63, 3.8) is 0 Å². The van der Waals surface area contributed by atoms with Gasteiger partial charge in [0.15, 0.2) is 0 Å². The summed E-state index contributed by atoms with van der Waals surface area (Å²) in [4.78, 5) is 7.21. The molecule has 4 aromatic rings. The van der Waals surface area contributed by atoms with Crippen LogP contribution in [0.15, 0.2) is 94.9 Å². The average molecular weight is 351 g/mol. The summed E-state index contributed by atoms with van der Waals surface area (Å²) in [6.07, 6.45) is 1.93. The molecule has 0 amide bonds. The minimum Gasteiger partial charge on any atom is -0.256 e. The van der Waals surface area contributed by atoms with Crippen LogP contribution in [0.25, 0.3) is 33.5 Å². The Morgan fingerprint density at radius 1 is 0.654 bits per heavy atom. The lowest BCUT2D eigenvalue weighted by Crippen LogP contribution is -1.88. The lowest BCUT2D eigenvalue weighted by atomic mass is 9.93. The van der Waals surface area contributed by atoms with Crippen LogP contribution in [0, 0.1) is 6.92 Å². The zero-order chi connectivity index (χ0) is 17.5. The SMILES string of the molecule is Cc1ccc(-c2ccc3c(c2)-c2ccccc2-c2ccccc2S3)nc1. The first-order valence-electron chi connectivity index (χ1n) is 8.73. The first-order valence-corrected chi connectivity index (χ1v) is 9.55. The van der Waals surface area contributed by atoms with Crippen LogP contribution in [0.1, 0.15) is 5.56 Å². The van der Waals surface area contributed by atoms with Crippen LogP contribution in [-0.2, 0) is 0 Å². The zero-order valence-corrected chi connectivity index (χ0v) is 15.3. The summed E-state index contributed by atoms with van der Waals surface area (Å²) in [7, 11) is 0. The molecule has 2 heteroatoms. The van der Waals surface area contributed by atoms with Crippen molar-refractivity contribution < 1.29 is 0 Å². The van der Waals surface area contributed by atoms with Crippen LogP contribution in [0.4, 0.5) is 0 Å². The molecular weight excluding hydrogens is 334 g/mol. The van der Waals surface area contributed by atoms with E-state index < -0.39 is 0 Å². The number of aryl methyl sites for hydroxylation is 1. The van der Waals surface area contributed by atoms with Crippen molar-refractivity contribution in [3.05, 3.63) is 90.6 Å². The monoisotopic (exact) mass is 351 g/mol. The third-order valence-electron chi connectivity index (χ3n) is 4.80. The third kappa shape index (κ3) is 2.54. The summed E-state index contributed by atoms with van der Waals surface area (Å²) in [5, 5.41) is 0. The van der Waals surface area contributed by atoms with Crippen LogP contribution in [0.5, 0.6) is 0 Å². The van der Waals surface area contributed by atoms with Gasteiger partial charge in [-0.2, -0.15) is 0 Å². The molecule has 0 saturated carbocycles. The molecule has 1 aromatic heterocycles. The minimum absolute atomic E-state index is 1.02. The number of hydrogen-bond acceptors (Lipinski definition) is 2. The van der Waals surface area contributed by atoms with E-state index in [2.05, 4.69) is 90.8 Å². The molecule has 0 bridgehead atoms. The molecular formula is C24H17NS.